The van der Waals surface area contributed by atoms with E-state index in [1.807, 2.05) is 0 Å². The van der Waals surface area contributed by atoms with Crippen LogP contribution in [0.15, 0.2) is 194 Å². The van der Waals surface area contributed by atoms with E-state index in [1.54, 1.807) is 0 Å². The third kappa shape index (κ3) is 9.99. The molecular formula is C62H68Ge4N2. The fourth-order valence-corrected chi connectivity index (χ4v) is 19.4. The summed E-state index contributed by atoms with van der Waals surface area (Å²) in [6.45, 7) is 0. The Morgan fingerprint density at radius 1 is 0.221 bits per heavy atom. The molecule has 9 rings (SSSR count). The van der Waals surface area contributed by atoms with Crippen molar-refractivity contribution in [3.05, 3.63) is 194 Å². The topological polar surface area (TPSA) is 6.48 Å². The van der Waals surface area contributed by atoms with E-state index in [9.17, 15) is 0 Å². The van der Waals surface area contributed by atoms with Gasteiger partial charge in [0.05, 0.1) is 0 Å². The monoisotopic (exact) mass is 1140 g/mol. The number of hydrogen-bond acceptors (Lipinski definition) is 2. The van der Waals surface area contributed by atoms with Crippen molar-refractivity contribution in [2.45, 2.75) is 69.1 Å². The Balaban J connectivity index is 1.13. The predicted molar refractivity (Wildman–Crippen MR) is 314 cm³/mol. The van der Waals surface area contributed by atoms with Crippen LogP contribution < -0.4 is 27.4 Å². The number of hydrogen-bond donors (Lipinski definition) is 0. The van der Waals surface area contributed by atoms with Crippen LogP contribution in [0.2, 0.25) is 69.1 Å². The normalized spacial score (nSPS) is 12.4. The summed E-state index contributed by atoms with van der Waals surface area (Å²) in [5.41, 5.74) is 12.0. The first-order chi connectivity index (χ1) is 32.3. The first-order valence-corrected chi connectivity index (χ1v) is 53.8. The average Bonchev–Trinajstić information content (AvgIpc) is 3.31. The van der Waals surface area contributed by atoms with Crippen molar-refractivity contribution in [1.82, 2.24) is 0 Å². The Kier molecular flexibility index (Phi) is 13.4. The van der Waals surface area contributed by atoms with Crippen molar-refractivity contribution in [3.8, 4) is 22.3 Å². The first kappa shape index (κ1) is 48.3. The number of fused-ring (bicyclic) bond motifs is 2. The Labute approximate surface area is 417 Å². The molecule has 9 aromatic carbocycles. The van der Waals surface area contributed by atoms with Crippen LogP contribution in [0.1, 0.15) is 0 Å². The zero-order valence-electron chi connectivity index (χ0n) is 42.4. The van der Waals surface area contributed by atoms with E-state index in [1.165, 1.54) is 84.1 Å². The third-order valence-electron chi connectivity index (χ3n) is 13.7. The van der Waals surface area contributed by atoms with Gasteiger partial charge in [0, 0.05) is 0 Å². The number of anilines is 6. The summed E-state index contributed by atoms with van der Waals surface area (Å²) >= 11 is -7.96. The number of nitrogens with zero attached hydrogens (tertiary/aromatic N) is 2. The van der Waals surface area contributed by atoms with Gasteiger partial charge in [-0.25, -0.2) is 0 Å². The molecule has 342 valence electrons. The van der Waals surface area contributed by atoms with Crippen molar-refractivity contribution in [2.75, 3.05) is 9.80 Å². The van der Waals surface area contributed by atoms with Gasteiger partial charge >= 0.3 is 397 Å². The summed E-state index contributed by atoms with van der Waals surface area (Å²) in [4.78, 5) is 4.86. The molecule has 0 heterocycles. The molecule has 0 aromatic heterocycles. The van der Waals surface area contributed by atoms with Crippen LogP contribution in [0.25, 0.3) is 43.8 Å². The Morgan fingerprint density at radius 2 is 0.397 bits per heavy atom. The molecule has 0 atom stereocenters. The summed E-state index contributed by atoms with van der Waals surface area (Å²) < 4.78 is 6.08. The molecule has 0 fully saturated rings. The van der Waals surface area contributed by atoms with Crippen LogP contribution in [-0.4, -0.2) is 53.1 Å². The fourth-order valence-electron chi connectivity index (χ4n) is 9.64. The maximum absolute atomic E-state index is 2.47. The molecule has 0 spiro atoms. The summed E-state index contributed by atoms with van der Waals surface area (Å²) in [5.74, 6) is 29.6. The van der Waals surface area contributed by atoms with Gasteiger partial charge in [0.15, 0.2) is 0 Å². The molecule has 0 aliphatic rings. The van der Waals surface area contributed by atoms with E-state index in [0.29, 0.717) is 0 Å². The molecule has 0 saturated heterocycles. The summed E-state index contributed by atoms with van der Waals surface area (Å²) in [6, 6.07) is 74.3. The minimum absolute atomic E-state index is 1.16. The zero-order valence-corrected chi connectivity index (χ0v) is 50.8. The van der Waals surface area contributed by atoms with E-state index < -0.39 is 53.1 Å². The predicted octanol–water partition coefficient (Wildman–Crippen LogP) is 16.4. The van der Waals surface area contributed by atoms with Crippen molar-refractivity contribution in [3.63, 3.8) is 0 Å². The first-order valence-electron chi connectivity index (χ1n) is 24.4. The quantitative estimate of drug-likeness (QED) is 0.0889. The van der Waals surface area contributed by atoms with Crippen molar-refractivity contribution in [1.29, 1.82) is 0 Å². The molecule has 0 aliphatic heterocycles. The number of benzene rings is 9. The Hall–Kier alpha value is -4.73. The molecule has 0 amide bonds. The zero-order chi connectivity index (χ0) is 48.2. The van der Waals surface area contributed by atoms with Crippen molar-refractivity contribution in [2.24, 2.45) is 0 Å². The second-order valence-electron chi connectivity index (χ2n) is 22.8. The van der Waals surface area contributed by atoms with Gasteiger partial charge in [0.1, 0.15) is 0 Å². The van der Waals surface area contributed by atoms with Crippen LogP contribution in [-0.2, 0) is 0 Å². The van der Waals surface area contributed by atoms with Crippen LogP contribution in [0.3, 0.4) is 0 Å². The van der Waals surface area contributed by atoms with Crippen LogP contribution in [0, 0.1) is 0 Å². The van der Waals surface area contributed by atoms with Gasteiger partial charge < -0.3 is 0 Å². The van der Waals surface area contributed by atoms with E-state index in [0.717, 1.165) is 11.4 Å². The molecular weight excluding hydrogens is 1060 g/mol. The molecule has 0 N–H and O–H groups in total. The molecule has 0 bridgehead atoms. The molecule has 0 radical (unpaired) electrons. The van der Waals surface area contributed by atoms with Gasteiger partial charge in [0.25, 0.3) is 0 Å². The average molecular weight is 1130 g/mol. The fraction of sp³-hybridized carbons (Fsp3) is 0.194. The van der Waals surface area contributed by atoms with Gasteiger partial charge in [-0.05, 0) is 0 Å². The van der Waals surface area contributed by atoms with E-state index in [2.05, 4.69) is 273 Å². The van der Waals surface area contributed by atoms with Crippen molar-refractivity contribution >= 4 is 126 Å². The maximum atomic E-state index is 2.47. The second-order valence-corrected chi connectivity index (χ2v) is 65.4. The second kappa shape index (κ2) is 18.9. The SMILES string of the molecule is [CH3][Ge]([CH3])([CH3])[c]1ccc(N(c2ccc(-c3c4ccccc4c(-c4ccc(N(c5cc[c]([Ge]([CH3])([CH3])[CH3])cc5)c5cc[c]([Ge]([CH3])([CH3])[CH3])cc5)cc4)c4ccccc34)cc2)c2cc[c]([Ge]([CH3])([CH3])[CH3])cc2)cc1. The number of rotatable bonds is 12. The van der Waals surface area contributed by atoms with Gasteiger partial charge in [-0.3, -0.25) is 0 Å². The van der Waals surface area contributed by atoms with Crippen LogP contribution >= 0.6 is 0 Å². The Morgan fingerprint density at radius 3 is 0.574 bits per heavy atom. The summed E-state index contributed by atoms with van der Waals surface area (Å²) in [7, 11) is 0. The van der Waals surface area contributed by atoms with Gasteiger partial charge in [-0.15, -0.1) is 0 Å². The molecule has 2 nitrogen and oxygen atoms in total. The van der Waals surface area contributed by atoms with Crippen LogP contribution in [0.5, 0.6) is 0 Å². The third-order valence-corrected chi connectivity index (χ3v) is 31.1. The van der Waals surface area contributed by atoms with Gasteiger partial charge in [-0.1, -0.05) is 24.3 Å². The Bertz CT molecular complexity index is 2810. The van der Waals surface area contributed by atoms with Gasteiger partial charge in [0.2, 0.25) is 0 Å². The molecule has 0 unspecified atom stereocenters. The van der Waals surface area contributed by atoms with E-state index >= 15 is 0 Å². The van der Waals surface area contributed by atoms with E-state index in [4.69, 9.17) is 0 Å². The summed E-state index contributed by atoms with van der Waals surface area (Å²) in [6.07, 6.45) is 0. The summed E-state index contributed by atoms with van der Waals surface area (Å²) in [5, 5.41) is 5.04. The molecule has 6 heteroatoms. The standard InChI is InChI=1S/C62H68Ge4N2/c1-63(2,3)47-25-37-53(38-26-47)67(54-39-27-48(28-40-54)64(4,5)6)51-33-21-45(22-34-51)61-57-17-13-15-19-59(57)62(60-20-16-14-18-58(60)61)46-23-35-52(36-24-46)68(55-41-29-49(30-42-55)65(7,8)9)56-43-31-50(32-44-56)66(10,11)12/h13-44H,1-12H3. The minimum atomic E-state index is -1.99. The molecule has 0 aliphatic carbocycles. The van der Waals surface area contributed by atoms with Gasteiger partial charge in [-0.2, -0.15) is 0 Å². The van der Waals surface area contributed by atoms with Crippen molar-refractivity contribution < 1.29 is 0 Å². The molecule has 0 saturated carbocycles. The van der Waals surface area contributed by atoms with Crippen LogP contribution in [0.4, 0.5) is 34.1 Å². The van der Waals surface area contributed by atoms with E-state index in [-0.39, 0.29) is 0 Å². The molecule has 9 aromatic rings. The molecule has 68 heavy (non-hydrogen) atoms.